The molecule has 5 nitrogen and oxygen atoms in total. The standard InChI is InChI=1S/C14H25N3O2/c1-4-17-13(15-10-16-17)8-12(18)14(19-3)7-5-6-11(2)9-14/h10-12,18H,4-9H2,1-3H3. The van der Waals surface area contributed by atoms with Crippen LogP contribution in [0.15, 0.2) is 6.33 Å². The van der Waals surface area contributed by atoms with Crippen LogP contribution in [0.25, 0.3) is 0 Å². The largest absolute Gasteiger partial charge is 0.390 e. The molecule has 19 heavy (non-hydrogen) atoms. The van der Waals surface area contributed by atoms with E-state index >= 15 is 0 Å². The average Bonchev–Trinajstić information content (AvgIpc) is 2.85. The number of ether oxygens (including phenoxy) is 1. The molecule has 0 radical (unpaired) electrons. The van der Waals surface area contributed by atoms with E-state index in [0.717, 1.165) is 31.6 Å². The SMILES string of the molecule is CCn1ncnc1CC(O)C1(OC)CCCC(C)C1. The van der Waals surface area contributed by atoms with Crippen molar-refractivity contribution in [2.45, 2.75) is 64.2 Å². The second-order valence-electron chi connectivity index (χ2n) is 5.68. The molecule has 2 rings (SSSR count). The maximum atomic E-state index is 10.6. The van der Waals surface area contributed by atoms with Gasteiger partial charge in [-0.05, 0) is 25.7 Å². The summed E-state index contributed by atoms with van der Waals surface area (Å²) < 4.78 is 7.56. The number of hydrogen-bond acceptors (Lipinski definition) is 4. The minimum Gasteiger partial charge on any atom is -0.390 e. The van der Waals surface area contributed by atoms with E-state index in [2.05, 4.69) is 17.0 Å². The summed E-state index contributed by atoms with van der Waals surface area (Å²) in [6.45, 7) is 5.03. The molecule has 1 aromatic heterocycles. The van der Waals surface area contributed by atoms with Crippen molar-refractivity contribution in [1.29, 1.82) is 0 Å². The number of rotatable bonds is 5. The smallest absolute Gasteiger partial charge is 0.138 e. The number of aryl methyl sites for hydroxylation is 1. The normalized spacial score (nSPS) is 29.4. The summed E-state index contributed by atoms with van der Waals surface area (Å²) in [7, 11) is 1.71. The average molecular weight is 267 g/mol. The van der Waals surface area contributed by atoms with Crippen molar-refractivity contribution < 1.29 is 9.84 Å². The van der Waals surface area contributed by atoms with Crippen LogP contribution in [0.3, 0.4) is 0 Å². The molecule has 0 saturated heterocycles. The third-order valence-electron chi connectivity index (χ3n) is 4.38. The minimum absolute atomic E-state index is 0.414. The first-order valence-corrected chi connectivity index (χ1v) is 7.21. The van der Waals surface area contributed by atoms with Gasteiger partial charge in [0, 0.05) is 20.1 Å². The Labute approximate surface area is 115 Å². The summed E-state index contributed by atoms with van der Waals surface area (Å²) in [6.07, 6.45) is 5.73. The van der Waals surface area contributed by atoms with Crippen LogP contribution < -0.4 is 0 Å². The minimum atomic E-state index is -0.519. The van der Waals surface area contributed by atoms with Crippen molar-refractivity contribution in [3.8, 4) is 0 Å². The van der Waals surface area contributed by atoms with Crippen molar-refractivity contribution in [2.75, 3.05) is 7.11 Å². The number of aromatic nitrogens is 3. The van der Waals surface area contributed by atoms with E-state index in [1.54, 1.807) is 13.4 Å². The Morgan fingerprint density at radius 3 is 3.05 bits per heavy atom. The molecule has 3 atom stereocenters. The highest BCUT2D eigenvalue weighted by atomic mass is 16.5. The molecule has 5 heteroatoms. The molecule has 0 spiro atoms. The van der Waals surface area contributed by atoms with Crippen molar-refractivity contribution in [1.82, 2.24) is 14.8 Å². The topological polar surface area (TPSA) is 60.2 Å². The fourth-order valence-corrected chi connectivity index (χ4v) is 3.24. The monoisotopic (exact) mass is 267 g/mol. The van der Waals surface area contributed by atoms with Crippen molar-refractivity contribution in [2.24, 2.45) is 5.92 Å². The first-order chi connectivity index (χ1) is 9.11. The van der Waals surface area contributed by atoms with E-state index in [0.29, 0.717) is 12.3 Å². The predicted octanol–water partition coefficient (Wildman–Crippen LogP) is 1.80. The van der Waals surface area contributed by atoms with Crippen LogP contribution in [0.5, 0.6) is 0 Å². The molecule has 0 amide bonds. The summed E-state index contributed by atoms with van der Waals surface area (Å²) in [6, 6.07) is 0. The quantitative estimate of drug-likeness (QED) is 0.883. The first-order valence-electron chi connectivity index (χ1n) is 7.21. The molecule has 1 heterocycles. The highest BCUT2D eigenvalue weighted by Gasteiger charge is 2.41. The van der Waals surface area contributed by atoms with Gasteiger partial charge >= 0.3 is 0 Å². The molecular formula is C14H25N3O2. The zero-order valence-electron chi connectivity index (χ0n) is 12.2. The van der Waals surface area contributed by atoms with E-state index in [1.807, 2.05) is 11.6 Å². The van der Waals surface area contributed by atoms with E-state index in [-0.39, 0.29) is 0 Å². The van der Waals surface area contributed by atoms with Crippen molar-refractivity contribution >= 4 is 0 Å². The Hall–Kier alpha value is -0.940. The number of aliphatic hydroxyl groups excluding tert-OH is 1. The zero-order chi connectivity index (χ0) is 13.9. The maximum Gasteiger partial charge on any atom is 0.138 e. The number of nitrogens with zero attached hydrogens (tertiary/aromatic N) is 3. The second-order valence-corrected chi connectivity index (χ2v) is 5.68. The predicted molar refractivity (Wildman–Crippen MR) is 72.8 cm³/mol. The number of methoxy groups -OCH3 is 1. The Morgan fingerprint density at radius 2 is 2.42 bits per heavy atom. The molecular weight excluding hydrogens is 242 g/mol. The van der Waals surface area contributed by atoms with Crippen LogP contribution in [-0.2, 0) is 17.7 Å². The highest BCUT2D eigenvalue weighted by molar-refractivity contribution is 4.98. The van der Waals surface area contributed by atoms with Gasteiger partial charge in [-0.3, -0.25) is 4.68 Å². The fourth-order valence-electron chi connectivity index (χ4n) is 3.24. The lowest BCUT2D eigenvalue weighted by Gasteiger charge is -2.42. The summed E-state index contributed by atoms with van der Waals surface area (Å²) in [4.78, 5) is 4.24. The molecule has 108 valence electrons. The van der Waals surface area contributed by atoms with Crippen molar-refractivity contribution in [3.05, 3.63) is 12.2 Å². The Morgan fingerprint density at radius 1 is 1.63 bits per heavy atom. The van der Waals surface area contributed by atoms with Gasteiger partial charge in [0.1, 0.15) is 12.2 Å². The molecule has 0 bridgehead atoms. The second kappa shape index (κ2) is 6.01. The zero-order valence-corrected chi connectivity index (χ0v) is 12.2. The van der Waals surface area contributed by atoms with Crippen LogP contribution >= 0.6 is 0 Å². The molecule has 1 aliphatic rings. The third kappa shape index (κ3) is 2.98. The lowest BCUT2D eigenvalue weighted by Crippen LogP contribution is -2.48. The van der Waals surface area contributed by atoms with E-state index < -0.39 is 11.7 Å². The van der Waals surface area contributed by atoms with Gasteiger partial charge in [-0.25, -0.2) is 4.98 Å². The third-order valence-corrected chi connectivity index (χ3v) is 4.38. The first kappa shape index (κ1) is 14.5. The van der Waals surface area contributed by atoms with Crippen LogP contribution in [-0.4, -0.2) is 38.7 Å². The van der Waals surface area contributed by atoms with Gasteiger partial charge in [-0.15, -0.1) is 0 Å². The number of aliphatic hydroxyl groups is 1. The molecule has 1 fully saturated rings. The molecule has 1 aromatic rings. The summed E-state index contributed by atoms with van der Waals surface area (Å²) in [5, 5.41) is 14.8. The molecule has 0 aromatic carbocycles. The lowest BCUT2D eigenvalue weighted by molar-refractivity contribution is -0.131. The van der Waals surface area contributed by atoms with Gasteiger partial charge in [0.15, 0.2) is 0 Å². The summed E-state index contributed by atoms with van der Waals surface area (Å²) in [5.74, 6) is 1.44. The van der Waals surface area contributed by atoms with E-state index in [4.69, 9.17) is 4.74 Å². The summed E-state index contributed by atoms with van der Waals surface area (Å²) in [5.41, 5.74) is -0.414. The molecule has 1 saturated carbocycles. The van der Waals surface area contributed by atoms with Gasteiger partial charge in [0.05, 0.1) is 11.7 Å². The van der Waals surface area contributed by atoms with Gasteiger partial charge < -0.3 is 9.84 Å². The highest BCUT2D eigenvalue weighted by Crippen LogP contribution is 2.38. The van der Waals surface area contributed by atoms with Gasteiger partial charge in [-0.1, -0.05) is 19.8 Å². The Bertz CT molecular complexity index is 407. The lowest BCUT2D eigenvalue weighted by atomic mass is 9.75. The Balaban J connectivity index is 2.10. The van der Waals surface area contributed by atoms with Gasteiger partial charge in [0.2, 0.25) is 0 Å². The van der Waals surface area contributed by atoms with Crippen molar-refractivity contribution in [3.63, 3.8) is 0 Å². The number of hydrogen-bond donors (Lipinski definition) is 1. The molecule has 1 N–H and O–H groups in total. The Kier molecular flexibility index (Phi) is 4.58. The van der Waals surface area contributed by atoms with E-state index in [9.17, 15) is 5.11 Å². The van der Waals surface area contributed by atoms with Crippen LogP contribution in [0, 0.1) is 5.92 Å². The van der Waals surface area contributed by atoms with Crippen LogP contribution in [0.2, 0.25) is 0 Å². The summed E-state index contributed by atoms with van der Waals surface area (Å²) >= 11 is 0. The van der Waals surface area contributed by atoms with Crippen LogP contribution in [0.1, 0.15) is 45.4 Å². The van der Waals surface area contributed by atoms with Gasteiger partial charge in [-0.2, -0.15) is 5.10 Å². The molecule has 1 aliphatic carbocycles. The maximum absolute atomic E-state index is 10.6. The van der Waals surface area contributed by atoms with Crippen LogP contribution in [0.4, 0.5) is 0 Å². The van der Waals surface area contributed by atoms with E-state index in [1.165, 1.54) is 6.42 Å². The van der Waals surface area contributed by atoms with Gasteiger partial charge in [0.25, 0.3) is 0 Å². The molecule has 3 unspecified atom stereocenters. The fraction of sp³-hybridized carbons (Fsp3) is 0.857. The molecule has 0 aliphatic heterocycles.